The van der Waals surface area contributed by atoms with Crippen LogP contribution in [0, 0.1) is 5.82 Å². The summed E-state index contributed by atoms with van der Waals surface area (Å²) in [6.45, 7) is 0. The molecule has 4 aromatic rings. The number of rotatable bonds is 3. The Hall–Kier alpha value is -3.47. The van der Waals surface area contributed by atoms with Crippen molar-refractivity contribution in [3.63, 3.8) is 0 Å². The van der Waals surface area contributed by atoms with E-state index in [9.17, 15) is 9.18 Å². The van der Waals surface area contributed by atoms with Gasteiger partial charge in [0.05, 0.1) is 11.0 Å². The van der Waals surface area contributed by atoms with Crippen LogP contribution < -0.4 is 5.32 Å². The van der Waals surface area contributed by atoms with Gasteiger partial charge in [0, 0.05) is 23.9 Å². The molecule has 0 saturated heterocycles. The van der Waals surface area contributed by atoms with Gasteiger partial charge >= 0.3 is 0 Å². The monoisotopic (exact) mass is 345 g/mol. The Labute approximate surface area is 149 Å². The van der Waals surface area contributed by atoms with Crippen molar-refractivity contribution in [2.75, 3.05) is 5.32 Å². The van der Waals surface area contributed by atoms with Gasteiger partial charge in [-0.3, -0.25) is 4.79 Å². The summed E-state index contributed by atoms with van der Waals surface area (Å²) in [5.74, 6) is 0.302. The number of amides is 1. The number of nitrogens with one attached hydrogen (secondary N) is 1. The van der Waals surface area contributed by atoms with Crippen LogP contribution in [0.1, 0.15) is 10.4 Å². The van der Waals surface area contributed by atoms with Crippen LogP contribution in [-0.4, -0.2) is 15.5 Å². The molecular formula is C21H16FN3O. The van der Waals surface area contributed by atoms with Gasteiger partial charge in [0.15, 0.2) is 0 Å². The standard InChI is InChI=1S/C21H16FN3O/c1-25-19-13-17(23-21(26)15-5-3-2-4-6-15)11-12-18(19)24-20(25)14-7-9-16(22)10-8-14/h2-13H,1H3,(H,23,26). The maximum absolute atomic E-state index is 13.2. The quantitative estimate of drug-likeness (QED) is 0.588. The lowest BCUT2D eigenvalue weighted by atomic mass is 10.2. The van der Waals surface area contributed by atoms with E-state index < -0.39 is 0 Å². The van der Waals surface area contributed by atoms with Crippen molar-refractivity contribution >= 4 is 22.6 Å². The fourth-order valence-electron chi connectivity index (χ4n) is 2.92. The zero-order chi connectivity index (χ0) is 18.1. The lowest BCUT2D eigenvalue weighted by Crippen LogP contribution is -2.11. The first kappa shape index (κ1) is 16.0. The highest BCUT2D eigenvalue weighted by Gasteiger charge is 2.12. The Kier molecular flexibility index (Phi) is 3.97. The highest BCUT2D eigenvalue weighted by atomic mass is 19.1. The fraction of sp³-hybridized carbons (Fsp3) is 0.0476. The summed E-state index contributed by atoms with van der Waals surface area (Å²) >= 11 is 0. The van der Waals surface area contributed by atoms with Crippen molar-refractivity contribution in [2.45, 2.75) is 0 Å². The number of halogens is 1. The summed E-state index contributed by atoms with van der Waals surface area (Å²) in [5.41, 5.74) is 3.82. The van der Waals surface area contributed by atoms with Gasteiger partial charge in [-0.2, -0.15) is 0 Å². The maximum Gasteiger partial charge on any atom is 0.255 e. The third-order valence-electron chi connectivity index (χ3n) is 4.28. The molecule has 0 radical (unpaired) electrons. The predicted octanol–water partition coefficient (Wildman–Crippen LogP) is 4.63. The molecule has 0 saturated carbocycles. The Balaban J connectivity index is 1.68. The molecule has 4 rings (SSSR count). The van der Waals surface area contributed by atoms with Crippen LogP contribution in [0.4, 0.5) is 10.1 Å². The lowest BCUT2D eigenvalue weighted by molar-refractivity contribution is 0.102. The number of aryl methyl sites for hydroxylation is 1. The first-order valence-electron chi connectivity index (χ1n) is 8.20. The summed E-state index contributed by atoms with van der Waals surface area (Å²) in [6.07, 6.45) is 0. The Bertz CT molecular complexity index is 1090. The molecule has 128 valence electrons. The number of hydrogen-bond donors (Lipinski definition) is 1. The molecule has 5 heteroatoms. The highest BCUT2D eigenvalue weighted by Crippen LogP contribution is 2.26. The van der Waals surface area contributed by atoms with E-state index in [1.807, 2.05) is 48.0 Å². The number of fused-ring (bicyclic) bond motifs is 1. The summed E-state index contributed by atoms with van der Waals surface area (Å²) in [6, 6.07) is 20.9. The molecule has 0 fully saturated rings. The van der Waals surface area contributed by atoms with Crippen LogP contribution in [0.3, 0.4) is 0 Å². The Morgan fingerprint density at radius 1 is 1.00 bits per heavy atom. The maximum atomic E-state index is 13.2. The topological polar surface area (TPSA) is 46.9 Å². The average molecular weight is 345 g/mol. The zero-order valence-corrected chi connectivity index (χ0v) is 14.1. The molecule has 0 bridgehead atoms. The molecule has 1 amide bonds. The third-order valence-corrected chi connectivity index (χ3v) is 4.28. The van der Waals surface area contributed by atoms with E-state index >= 15 is 0 Å². The molecule has 0 unspecified atom stereocenters. The van der Waals surface area contributed by atoms with Crippen molar-refractivity contribution in [1.29, 1.82) is 0 Å². The van der Waals surface area contributed by atoms with Crippen molar-refractivity contribution in [1.82, 2.24) is 9.55 Å². The number of hydrogen-bond acceptors (Lipinski definition) is 2. The van der Waals surface area contributed by atoms with E-state index in [0.29, 0.717) is 11.3 Å². The number of anilines is 1. The number of carbonyl (C=O) groups is 1. The minimum Gasteiger partial charge on any atom is -0.327 e. The van der Waals surface area contributed by atoms with Gasteiger partial charge in [0.2, 0.25) is 0 Å². The van der Waals surface area contributed by atoms with Crippen LogP contribution in [0.25, 0.3) is 22.4 Å². The van der Waals surface area contributed by atoms with E-state index in [0.717, 1.165) is 22.4 Å². The number of aromatic nitrogens is 2. The Morgan fingerprint density at radius 2 is 1.73 bits per heavy atom. The number of carbonyl (C=O) groups excluding carboxylic acids is 1. The molecule has 4 nitrogen and oxygen atoms in total. The van der Waals surface area contributed by atoms with Crippen LogP contribution in [0.15, 0.2) is 72.8 Å². The molecule has 0 atom stereocenters. The van der Waals surface area contributed by atoms with E-state index in [2.05, 4.69) is 10.3 Å². The summed E-state index contributed by atoms with van der Waals surface area (Å²) in [7, 11) is 1.90. The average Bonchev–Trinajstić information content (AvgIpc) is 2.99. The molecule has 0 aliphatic carbocycles. The smallest absolute Gasteiger partial charge is 0.255 e. The molecule has 1 heterocycles. The van der Waals surface area contributed by atoms with Gasteiger partial charge in [-0.1, -0.05) is 18.2 Å². The molecule has 0 aliphatic heterocycles. The minimum absolute atomic E-state index is 0.161. The van der Waals surface area contributed by atoms with Gasteiger partial charge in [-0.15, -0.1) is 0 Å². The van der Waals surface area contributed by atoms with E-state index in [4.69, 9.17) is 0 Å². The minimum atomic E-state index is -0.279. The number of imidazole rings is 1. The van der Waals surface area contributed by atoms with E-state index in [-0.39, 0.29) is 11.7 Å². The summed E-state index contributed by atoms with van der Waals surface area (Å²) < 4.78 is 15.1. The lowest BCUT2D eigenvalue weighted by Gasteiger charge is -2.06. The van der Waals surface area contributed by atoms with Gasteiger partial charge < -0.3 is 9.88 Å². The van der Waals surface area contributed by atoms with Crippen molar-refractivity contribution in [3.05, 3.63) is 84.2 Å². The van der Waals surface area contributed by atoms with Crippen LogP contribution in [0.2, 0.25) is 0 Å². The number of benzene rings is 3. The Morgan fingerprint density at radius 3 is 2.46 bits per heavy atom. The molecule has 3 aromatic carbocycles. The second kappa shape index (κ2) is 6.44. The fourth-order valence-corrected chi connectivity index (χ4v) is 2.92. The van der Waals surface area contributed by atoms with Crippen molar-refractivity contribution in [2.24, 2.45) is 7.05 Å². The first-order chi connectivity index (χ1) is 12.6. The molecule has 26 heavy (non-hydrogen) atoms. The summed E-state index contributed by atoms with van der Waals surface area (Å²) in [5, 5.41) is 2.90. The van der Waals surface area contributed by atoms with Crippen molar-refractivity contribution < 1.29 is 9.18 Å². The second-order valence-electron chi connectivity index (χ2n) is 6.02. The van der Waals surface area contributed by atoms with E-state index in [1.165, 1.54) is 12.1 Å². The molecule has 0 aliphatic rings. The summed E-state index contributed by atoms with van der Waals surface area (Å²) in [4.78, 5) is 16.9. The molecule has 0 spiro atoms. The van der Waals surface area contributed by atoms with Gasteiger partial charge in [-0.05, 0) is 54.6 Å². The molecule has 1 aromatic heterocycles. The van der Waals surface area contributed by atoms with E-state index in [1.54, 1.807) is 24.3 Å². The largest absolute Gasteiger partial charge is 0.327 e. The van der Waals surface area contributed by atoms with Crippen LogP contribution in [-0.2, 0) is 7.05 Å². The third kappa shape index (κ3) is 2.95. The SMILES string of the molecule is Cn1c(-c2ccc(F)cc2)nc2ccc(NC(=O)c3ccccc3)cc21. The van der Waals surface area contributed by atoms with Gasteiger partial charge in [0.1, 0.15) is 11.6 Å². The van der Waals surface area contributed by atoms with Gasteiger partial charge in [0.25, 0.3) is 5.91 Å². The van der Waals surface area contributed by atoms with Crippen molar-refractivity contribution in [3.8, 4) is 11.4 Å². The second-order valence-corrected chi connectivity index (χ2v) is 6.02. The van der Waals surface area contributed by atoms with Gasteiger partial charge in [-0.25, -0.2) is 9.37 Å². The zero-order valence-electron chi connectivity index (χ0n) is 14.1. The first-order valence-corrected chi connectivity index (χ1v) is 8.20. The number of nitrogens with zero attached hydrogens (tertiary/aromatic N) is 2. The molecular weight excluding hydrogens is 329 g/mol. The normalized spacial score (nSPS) is 10.8. The van der Waals surface area contributed by atoms with Crippen LogP contribution >= 0.6 is 0 Å². The predicted molar refractivity (Wildman–Crippen MR) is 101 cm³/mol. The molecule has 1 N–H and O–H groups in total. The highest BCUT2D eigenvalue weighted by molar-refractivity contribution is 6.05. The van der Waals surface area contributed by atoms with Crippen LogP contribution in [0.5, 0.6) is 0 Å².